The number of carbonyl (C=O) groups excluding carboxylic acids is 1. The van der Waals surface area contributed by atoms with Crippen LogP contribution in [0.4, 0.5) is 4.39 Å². The minimum Gasteiger partial charge on any atom is -0.339 e. The van der Waals surface area contributed by atoms with Crippen LogP contribution in [0.15, 0.2) is 22.7 Å². The summed E-state index contributed by atoms with van der Waals surface area (Å²) in [5, 5.41) is 3.57. The van der Waals surface area contributed by atoms with Crippen molar-refractivity contribution in [3.05, 3.63) is 34.1 Å². The van der Waals surface area contributed by atoms with E-state index < -0.39 is 5.82 Å². The Morgan fingerprint density at radius 1 is 1.35 bits per heavy atom. The molecule has 1 N–H and O–H groups in total. The van der Waals surface area contributed by atoms with Crippen LogP contribution in [0.2, 0.25) is 0 Å². The average Bonchev–Trinajstić information content (AvgIpc) is 2.79. The van der Waals surface area contributed by atoms with E-state index in [2.05, 4.69) is 21.2 Å². The minimum absolute atomic E-state index is 0.0947. The summed E-state index contributed by atoms with van der Waals surface area (Å²) in [5.41, 5.74) is 0.416. The van der Waals surface area contributed by atoms with Gasteiger partial charge >= 0.3 is 0 Å². The SMILES string of the molecule is CN(C(=O)c1ccc(Br)c(F)c1)C1CC2CCC(C1)N2. The Balaban J connectivity index is 1.74. The van der Waals surface area contributed by atoms with E-state index >= 15 is 0 Å². The quantitative estimate of drug-likeness (QED) is 0.897. The molecule has 0 radical (unpaired) electrons. The van der Waals surface area contributed by atoms with Gasteiger partial charge in [0.15, 0.2) is 0 Å². The van der Waals surface area contributed by atoms with Crippen molar-refractivity contribution < 1.29 is 9.18 Å². The Bertz CT molecular complexity index is 525. The Morgan fingerprint density at radius 2 is 2.00 bits per heavy atom. The van der Waals surface area contributed by atoms with Gasteiger partial charge in [-0.1, -0.05) is 0 Å². The maximum atomic E-state index is 13.6. The maximum Gasteiger partial charge on any atom is 0.253 e. The summed E-state index contributed by atoms with van der Waals surface area (Å²) in [6, 6.07) is 5.89. The molecule has 3 nitrogen and oxygen atoms in total. The van der Waals surface area contributed by atoms with E-state index in [1.54, 1.807) is 17.0 Å². The van der Waals surface area contributed by atoms with Gasteiger partial charge in [-0.2, -0.15) is 0 Å². The predicted octanol–water partition coefficient (Wildman–Crippen LogP) is 2.94. The molecule has 1 aromatic carbocycles. The van der Waals surface area contributed by atoms with Gasteiger partial charge in [0.1, 0.15) is 5.82 Å². The molecular weight excluding hydrogens is 323 g/mol. The third-order valence-electron chi connectivity index (χ3n) is 4.48. The van der Waals surface area contributed by atoms with Crippen molar-refractivity contribution in [2.24, 2.45) is 0 Å². The van der Waals surface area contributed by atoms with Crippen molar-refractivity contribution >= 4 is 21.8 Å². The molecule has 20 heavy (non-hydrogen) atoms. The molecule has 0 aromatic heterocycles. The van der Waals surface area contributed by atoms with E-state index in [-0.39, 0.29) is 11.9 Å². The van der Waals surface area contributed by atoms with Crippen LogP contribution in [-0.2, 0) is 0 Å². The number of piperidine rings is 1. The summed E-state index contributed by atoms with van der Waals surface area (Å²) >= 11 is 3.11. The first-order chi connectivity index (χ1) is 9.54. The van der Waals surface area contributed by atoms with Gasteiger partial charge in [0.2, 0.25) is 0 Å². The summed E-state index contributed by atoms with van der Waals surface area (Å²) in [6.45, 7) is 0. The van der Waals surface area contributed by atoms with Crippen LogP contribution in [0.1, 0.15) is 36.0 Å². The molecule has 1 amide bonds. The van der Waals surface area contributed by atoms with Gasteiger partial charge in [-0.15, -0.1) is 0 Å². The molecule has 2 aliphatic rings. The van der Waals surface area contributed by atoms with E-state index in [4.69, 9.17) is 0 Å². The second kappa shape index (κ2) is 5.45. The zero-order chi connectivity index (χ0) is 14.3. The van der Waals surface area contributed by atoms with Crippen LogP contribution < -0.4 is 5.32 Å². The van der Waals surface area contributed by atoms with E-state index in [0.29, 0.717) is 22.1 Å². The molecule has 2 aliphatic heterocycles. The first kappa shape index (κ1) is 14.0. The van der Waals surface area contributed by atoms with Gasteiger partial charge in [-0.25, -0.2) is 4.39 Å². The Hall–Kier alpha value is -0.940. The molecular formula is C15H18BrFN2O. The normalized spacial score (nSPS) is 28.4. The maximum absolute atomic E-state index is 13.6. The lowest BCUT2D eigenvalue weighted by Gasteiger charge is -2.35. The number of benzene rings is 1. The minimum atomic E-state index is -0.394. The molecule has 2 atom stereocenters. The monoisotopic (exact) mass is 340 g/mol. The van der Waals surface area contributed by atoms with Crippen molar-refractivity contribution in [2.45, 2.75) is 43.8 Å². The first-order valence-corrected chi connectivity index (χ1v) is 7.82. The van der Waals surface area contributed by atoms with Gasteiger partial charge in [0.05, 0.1) is 4.47 Å². The van der Waals surface area contributed by atoms with Crippen molar-refractivity contribution in [3.8, 4) is 0 Å². The van der Waals surface area contributed by atoms with Gasteiger partial charge in [-0.3, -0.25) is 4.79 Å². The summed E-state index contributed by atoms with van der Waals surface area (Å²) in [7, 11) is 1.83. The second-order valence-electron chi connectivity index (χ2n) is 5.81. The third-order valence-corrected chi connectivity index (χ3v) is 5.13. The number of nitrogens with zero attached hydrogens (tertiary/aromatic N) is 1. The van der Waals surface area contributed by atoms with Crippen LogP contribution in [-0.4, -0.2) is 36.0 Å². The Labute approximate surface area is 126 Å². The van der Waals surface area contributed by atoms with Crippen molar-refractivity contribution in [1.82, 2.24) is 10.2 Å². The van der Waals surface area contributed by atoms with Crippen LogP contribution in [0.3, 0.4) is 0 Å². The molecule has 0 saturated carbocycles. The summed E-state index contributed by atoms with van der Waals surface area (Å²) in [5.74, 6) is -0.489. The number of hydrogen-bond acceptors (Lipinski definition) is 2. The highest BCUT2D eigenvalue weighted by molar-refractivity contribution is 9.10. The highest BCUT2D eigenvalue weighted by Crippen LogP contribution is 2.30. The fourth-order valence-electron chi connectivity index (χ4n) is 3.34. The largest absolute Gasteiger partial charge is 0.339 e. The molecule has 0 aliphatic carbocycles. The molecule has 1 aromatic rings. The van der Waals surface area contributed by atoms with Crippen molar-refractivity contribution in [2.75, 3.05) is 7.05 Å². The van der Waals surface area contributed by atoms with E-state index in [9.17, 15) is 9.18 Å². The molecule has 3 rings (SSSR count). The summed E-state index contributed by atoms with van der Waals surface area (Å²) in [4.78, 5) is 14.3. The standard InChI is InChI=1S/C15H18BrFN2O/c1-19(12-7-10-3-4-11(8-12)18-10)15(20)9-2-5-13(16)14(17)6-9/h2,5-6,10-12,18H,3-4,7-8H2,1H3. The zero-order valence-electron chi connectivity index (χ0n) is 11.4. The number of hydrogen-bond donors (Lipinski definition) is 1. The first-order valence-electron chi connectivity index (χ1n) is 7.03. The zero-order valence-corrected chi connectivity index (χ0v) is 13.0. The highest BCUT2D eigenvalue weighted by Gasteiger charge is 2.36. The smallest absolute Gasteiger partial charge is 0.253 e. The van der Waals surface area contributed by atoms with Crippen LogP contribution in [0.5, 0.6) is 0 Å². The third kappa shape index (κ3) is 2.61. The van der Waals surface area contributed by atoms with Crippen LogP contribution >= 0.6 is 15.9 Å². The topological polar surface area (TPSA) is 32.3 Å². The van der Waals surface area contributed by atoms with Gasteiger partial charge in [0.25, 0.3) is 5.91 Å². The average molecular weight is 341 g/mol. The van der Waals surface area contributed by atoms with Gasteiger partial charge in [-0.05, 0) is 59.8 Å². The molecule has 0 spiro atoms. The number of amides is 1. The fourth-order valence-corrected chi connectivity index (χ4v) is 3.59. The van der Waals surface area contributed by atoms with E-state index in [0.717, 1.165) is 12.8 Å². The van der Waals surface area contributed by atoms with Crippen LogP contribution in [0.25, 0.3) is 0 Å². The Morgan fingerprint density at radius 3 is 2.60 bits per heavy atom. The molecule has 2 fully saturated rings. The van der Waals surface area contributed by atoms with Gasteiger partial charge < -0.3 is 10.2 Å². The molecule has 2 bridgehead atoms. The molecule has 108 valence electrons. The second-order valence-corrected chi connectivity index (χ2v) is 6.66. The van der Waals surface area contributed by atoms with Gasteiger partial charge in [0, 0.05) is 30.7 Å². The lowest BCUT2D eigenvalue weighted by atomic mass is 9.98. The number of carbonyl (C=O) groups is 1. The lowest BCUT2D eigenvalue weighted by molar-refractivity contribution is 0.0681. The van der Waals surface area contributed by atoms with Crippen molar-refractivity contribution in [1.29, 1.82) is 0 Å². The number of fused-ring (bicyclic) bond motifs is 2. The number of rotatable bonds is 2. The number of nitrogens with one attached hydrogen (secondary N) is 1. The van der Waals surface area contributed by atoms with Crippen LogP contribution in [0, 0.1) is 5.82 Å². The number of halogens is 2. The molecule has 2 heterocycles. The Kier molecular flexibility index (Phi) is 3.82. The predicted molar refractivity (Wildman–Crippen MR) is 79.2 cm³/mol. The molecule has 2 saturated heterocycles. The van der Waals surface area contributed by atoms with E-state index in [1.165, 1.54) is 18.9 Å². The highest BCUT2D eigenvalue weighted by atomic mass is 79.9. The molecule has 2 unspecified atom stereocenters. The van der Waals surface area contributed by atoms with Crippen molar-refractivity contribution in [3.63, 3.8) is 0 Å². The fraction of sp³-hybridized carbons (Fsp3) is 0.533. The summed E-state index contributed by atoms with van der Waals surface area (Å²) < 4.78 is 13.9. The lowest BCUT2D eigenvalue weighted by Crippen LogP contribution is -2.48. The molecule has 5 heteroatoms. The van der Waals surface area contributed by atoms with E-state index in [1.807, 2.05) is 7.05 Å². The summed E-state index contributed by atoms with van der Waals surface area (Å²) in [6.07, 6.45) is 4.40.